The van der Waals surface area contributed by atoms with Crippen molar-refractivity contribution in [2.24, 2.45) is 10.9 Å². The maximum Gasteiger partial charge on any atom is 0.0642 e. The Morgan fingerprint density at radius 1 is 1.12 bits per heavy atom. The molecule has 0 unspecified atom stereocenters. The van der Waals surface area contributed by atoms with Crippen molar-refractivity contribution in [3.8, 4) is 0 Å². The smallest absolute Gasteiger partial charge is 0.0642 e. The Morgan fingerprint density at radius 2 is 1.81 bits per heavy atom. The molecule has 2 aliphatic rings. The molecule has 0 radical (unpaired) electrons. The third kappa shape index (κ3) is 4.10. The number of anilines is 1. The van der Waals surface area contributed by atoms with E-state index in [0.717, 1.165) is 52.2 Å². The van der Waals surface area contributed by atoms with E-state index in [2.05, 4.69) is 59.1 Å². The molecule has 1 heterocycles. The molecule has 1 saturated heterocycles. The summed E-state index contributed by atoms with van der Waals surface area (Å²) in [6, 6.07) is 8.86. The van der Waals surface area contributed by atoms with Crippen molar-refractivity contribution in [2.75, 3.05) is 44.3 Å². The van der Waals surface area contributed by atoms with E-state index < -0.39 is 0 Å². The molecule has 2 N–H and O–H groups in total. The van der Waals surface area contributed by atoms with Gasteiger partial charge in [-0.2, -0.15) is 5.10 Å². The van der Waals surface area contributed by atoms with E-state index in [1.165, 1.54) is 28.1 Å². The summed E-state index contributed by atoms with van der Waals surface area (Å²) in [5, 5.41) is 3.78. The Labute approximate surface area is 156 Å². The summed E-state index contributed by atoms with van der Waals surface area (Å²) in [4.78, 5) is 4.78. The third-order valence-corrected chi connectivity index (χ3v) is 5.19. The van der Waals surface area contributed by atoms with Crippen molar-refractivity contribution in [1.29, 1.82) is 0 Å². The molecule has 5 nitrogen and oxygen atoms in total. The zero-order chi connectivity index (χ0) is 18.4. The number of benzene rings is 1. The summed E-state index contributed by atoms with van der Waals surface area (Å²) in [5.41, 5.74) is 6.43. The lowest BCUT2D eigenvalue weighted by Crippen LogP contribution is -2.36. The van der Waals surface area contributed by atoms with Crippen molar-refractivity contribution in [3.63, 3.8) is 0 Å². The minimum absolute atomic E-state index is 0.780. The zero-order valence-corrected chi connectivity index (χ0v) is 15.9. The van der Waals surface area contributed by atoms with E-state index >= 15 is 0 Å². The lowest BCUT2D eigenvalue weighted by Gasteiger charge is -2.31. The van der Waals surface area contributed by atoms with Crippen LogP contribution in [0.4, 0.5) is 5.69 Å². The van der Waals surface area contributed by atoms with Crippen LogP contribution in [-0.4, -0.2) is 50.5 Å². The van der Waals surface area contributed by atoms with Gasteiger partial charge >= 0.3 is 0 Å². The Balaban J connectivity index is 1.86. The van der Waals surface area contributed by atoms with Gasteiger partial charge in [0.2, 0.25) is 0 Å². The molecule has 1 aliphatic carbocycles. The summed E-state index contributed by atoms with van der Waals surface area (Å²) in [6.07, 6.45) is 6.16. The molecular weight excluding hydrogens is 324 g/mol. The molecule has 1 fully saturated rings. The number of nitrogens with zero attached hydrogens (tertiary/aromatic N) is 3. The lowest BCUT2D eigenvalue weighted by molar-refractivity contribution is 0.0548. The SMILES string of the molecule is CCN(CC)c1ccc(C=C2CCC(C=NN)=C2N2CCOCC2)cc1. The second kappa shape index (κ2) is 8.90. The molecule has 0 bridgehead atoms. The standard InChI is InChI=1S/C21H30N4O/c1-3-24(4-2)20-9-5-17(6-10-20)15-18-7-8-19(16-23-22)21(18)25-11-13-26-14-12-25/h5-6,9-10,15-16H,3-4,7-8,11-14,22H2,1-2H3. The molecule has 1 aliphatic heterocycles. The van der Waals surface area contributed by atoms with E-state index in [4.69, 9.17) is 10.6 Å². The van der Waals surface area contributed by atoms with E-state index in [9.17, 15) is 0 Å². The molecule has 0 spiro atoms. The summed E-state index contributed by atoms with van der Waals surface area (Å²) in [6.45, 7) is 9.86. The summed E-state index contributed by atoms with van der Waals surface area (Å²) >= 11 is 0. The first-order chi connectivity index (χ1) is 12.8. The highest BCUT2D eigenvalue weighted by Crippen LogP contribution is 2.35. The van der Waals surface area contributed by atoms with Crippen LogP contribution in [0.25, 0.3) is 6.08 Å². The summed E-state index contributed by atoms with van der Waals surface area (Å²) < 4.78 is 5.52. The van der Waals surface area contributed by atoms with Crippen LogP contribution in [0, 0.1) is 0 Å². The number of hydrogen-bond donors (Lipinski definition) is 1. The molecule has 26 heavy (non-hydrogen) atoms. The first-order valence-corrected chi connectivity index (χ1v) is 9.61. The van der Waals surface area contributed by atoms with Crippen LogP contribution >= 0.6 is 0 Å². The molecule has 0 amide bonds. The molecule has 1 aromatic rings. The molecular formula is C21H30N4O. The maximum atomic E-state index is 5.52. The molecule has 5 heteroatoms. The van der Waals surface area contributed by atoms with Crippen LogP contribution in [-0.2, 0) is 4.74 Å². The number of morpholine rings is 1. The van der Waals surface area contributed by atoms with Gasteiger partial charge in [-0.1, -0.05) is 12.1 Å². The van der Waals surface area contributed by atoms with Gasteiger partial charge in [-0.05, 0) is 61.6 Å². The lowest BCUT2D eigenvalue weighted by atomic mass is 10.1. The maximum absolute atomic E-state index is 5.52. The fraction of sp³-hybridized carbons (Fsp3) is 0.476. The normalized spacial score (nSPS) is 19.8. The van der Waals surface area contributed by atoms with Gasteiger partial charge in [-0.25, -0.2) is 0 Å². The van der Waals surface area contributed by atoms with Gasteiger partial charge in [-0.3, -0.25) is 0 Å². The van der Waals surface area contributed by atoms with Crippen LogP contribution in [0.15, 0.2) is 46.2 Å². The molecule has 0 aromatic heterocycles. The van der Waals surface area contributed by atoms with Crippen LogP contribution in [0.2, 0.25) is 0 Å². The van der Waals surface area contributed by atoms with Gasteiger partial charge in [0.15, 0.2) is 0 Å². The second-order valence-corrected chi connectivity index (χ2v) is 6.68. The number of ether oxygens (including phenoxy) is 1. The van der Waals surface area contributed by atoms with E-state index in [1.54, 1.807) is 0 Å². The van der Waals surface area contributed by atoms with E-state index in [0.29, 0.717) is 0 Å². The van der Waals surface area contributed by atoms with Gasteiger partial charge in [0.05, 0.1) is 19.4 Å². The highest BCUT2D eigenvalue weighted by Gasteiger charge is 2.25. The van der Waals surface area contributed by atoms with E-state index in [1.807, 2.05) is 6.21 Å². The van der Waals surface area contributed by atoms with Crippen LogP contribution in [0.5, 0.6) is 0 Å². The quantitative estimate of drug-likeness (QED) is 0.484. The van der Waals surface area contributed by atoms with Crippen LogP contribution in [0.3, 0.4) is 0 Å². The zero-order valence-electron chi connectivity index (χ0n) is 15.9. The Kier molecular flexibility index (Phi) is 6.34. The first-order valence-electron chi connectivity index (χ1n) is 9.61. The number of rotatable bonds is 6. The topological polar surface area (TPSA) is 54.1 Å². The summed E-state index contributed by atoms with van der Waals surface area (Å²) in [7, 11) is 0. The third-order valence-electron chi connectivity index (χ3n) is 5.19. The number of hydrogen-bond acceptors (Lipinski definition) is 5. The van der Waals surface area contributed by atoms with Crippen molar-refractivity contribution in [1.82, 2.24) is 4.90 Å². The first kappa shape index (κ1) is 18.5. The average Bonchev–Trinajstić information content (AvgIpc) is 3.07. The van der Waals surface area contributed by atoms with Crippen LogP contribution in [0.1, 0.15) is 32.3 Å². The minimum atomic E-state index is 0.780. The highest BCUT2D eigenvalue weighted by molar-refractivity contribution is 5.83. The largest absolute Gasteiger partial charge is 0.378 e. The Morgan fingerprint density at radius 3 is 2.42 bits per heavy atom. The molecule has 3 rings (SSSR count). The number of hydrazone groups is 1. The van der Waals surface area contributed by atoms with Crippen LogP contribution < -0.4 is 10.7 Å². The van der Waals surface area contributed by atoms with Crippen molar-refractivity contribution >= 4 is 18.0 Å². The second-order valence-electron chi connectivity index (χ2n) is 6.68. The van der Waals surface area contributed by atoms with Gasteiger partial charge in [0, 0.05) is 37.6 Å². The molecule has 140 valence electrons. The Hall–Kier alpha value is -2.27. The molecule has 0 atom stereocenters. The minimum Gasteiger partial charge on any atom is -0.378 e. The van der Waals surface area contributed by atoms with Gasteiger partial charge in [0.25, 0.3) is 0 Å². The Bertz CT molecular complexity index is 680. The monoisotopic (exact) mass is 354 g/mol. The van der Waals surface area contributed by atoms with Crippen molar-refractivity contribution < 1.29 is 4.74 Å². The fourth-order valence-corrected chi connectivity index (χ4v) is 3.83. The average molecular weight is 354 g/mol. The predicted octanol–water partition coefficient (Wildman–Crippen LogP) is 3.24. The van der Waals surface area contributed by atoms with E-state index in [-0.39, 0.29) is 0 Å². The fourth-order valence-electron chi connectivity index (χ4n) is 3.83. The van der Waals surface area contributed by atoms with Gasteiger partial charge < -0.3 is 20.4 Å². The summed E-state index contributed by atoms with van der Waals surface area (Å²) in [5.74, 6) is 5.44. The van der Waals surface area contributed by atoms with Crippen molar-refractivity contribution in [2.45, 2.75) is 26.7 Å². The van der Waals surface area contributed by atoms with Gasteiger partial charge in [0.1, 0.15) is 0 Å². The number of allylic oxidation sites excluding steroid dienone is 2. The predicted molar refractivity (Wildman–Crippen MR) is 109 cm³/mol. The number of nitrogens with two attached hydrogens (primary N) is 1. The highest BCUT2D eigenvalue weighted by atomic mass is 16.5. The van der Waals surface area contributed by atoms with Gasteiger partial charge in [-0.15, -0.1) is 0 Å². The van der Waals surface area contributed by atoms with Crippen molar-refractivity contribution in [3.05, 3.63) is 46.7 Å². The molecule has 1 aromatic carbocycles. The molecule has 0 saturated carbocycles.